The Balaban J connectivity index is 3.50. The van der Waals surface area contributed by atoms with Gasteiger partial charge < -0.3 is 14.2 Å². The molecule has 19 heavy (non-hydrogen) atoms. The molecule has 0 amide bonds. The Labute approximate surface area is 115 Å². The van der Waals surface area contributed by atoms with Crippen molar-refractivity contribution in [3.05, 3.63) is 0 Å². The lowest BCUT2D eigenvalue weighted by Crippen LogP contribution is -2.22. The summed E-state index contributed by atoms with van der Waals surface area (Å²) in [5.41, 5.74) is 0. The molecule has 112 valence electrons. The first kappa shape index (κ1) is 17.9. The number of carbonyl (C=O) groups excluding carboxylic acids is 2. The van der Waals surface area contributed by atoms with Crippen LogP contribution in [-0.4, -0.2) is 37.9 Å². The number of unbranched alkanes of at least 4 members (excludes halogenated alkanes) is 2. The summed E-state index contributed by atoms with van der Waals surface area (Å²) in [5.74, 6) is -0.884. The maximum atomic E-state index is 11.3. The summed E-state index contributed by atoms with van der Waals surface area (Å²) < 4.78 is 14.9. The second-order valence-corrected chi connectivity index (χ2v) is 4.51. The van der Waals surface area contributed by atoms with E-state index in [1.54, 1.807) is 0 Å². The molecule has 0 heterocycles. The molecule has 0 N–H and O–H groups in total. The highest BCUT2D eigenvalue weighted by atomic mass is 16.6. The average molecular weight is 274 g/mol. The fourth-order valence-electron chi connectivity index (χ4n) is 1.52. The second-order valence-electron chi connectivity index (χ2n) is 4.51. The summed E-state index contributed by atoms with van der Waals surface area (Å²) in [6.45, 7) is 5.93. The van der Waals surface area contributed by atoms with Crippen LogP contribution in [0, 0.1) is 0 Å². The molecule has 0 saturated carbocycles. The standard InChI is InChI=1S/C14H26O5/c1-4-6-7-9-18-13(15)10-17-11-14(16)19-12(3)8-5-2/h12H,4-11H2,1-3H3. The van der Waals surface area contributed by atoms with Crippen molar-refractivity contribution in [2.75, 3.05) is 19.8 Å². The molecule has 5 nitrogen and oxygen atoms in total. The molecule has 1 atom stereocenters. The van der Waals surface area contributed by atoms with Crippen LogP contribution in [0.4, 0.5) is 0 Å². The van der Waals surface area contributed by atoms with Crippen LogP contribution in [0.1, 0.15) is 52.9 Å². The smallest absolute Gasteiger partial charge is 0.332 e. The molecule has 0 aliphatic rings. The molecule has 0 rings (SSSR count). The minimum atomic E-state index is -0.445. The third kappa shape index (κ3) is 11.7. The summed E-state index contributed by atoms with van der Waals surface area (Å²) >= 11 is 0. The molecular formula is C14H26O5. The maximum Gasteiger partial charge on any atom is 0.332 e. The summed E-state index contributed by atoms with van der Waals surface area (Å²) in [5, 5.41) is 0. The zero-order valence-electron chi connectivity index (χ0n) is 12.3. The fraction of sp³-hybridized carbons (Fsp3) is 0.857. The van der Waals surface area contributed by atoms with Crippen LogP contribution in [0.3, 0.4) is 0 Å². The zero-order chi connectivity index (χ0) is 14.5. The van der Waals surface area contributed by atoms with Gasteiger partial charge in [-0.3, -0.25) is 0 Å². The number of carbonyl (C=O) groups is 2. The normalized spacial score (nSPS) is 11.9. The van der Waals surface area contributed by atoms with Crippen LogP contribution in [-0.2, 0) is 23.8 Å². The molecule has 1 unspecified atom stereocenters. The number of rotatable bonds is 11. The molecule has 0 aliphatic carbocycles. The Kier molecular flexibility index (Phi) is 11.3. The van der Waals surface area contributed by atoms with Crippen LogP contribution in [0.2, 0.25) is 0 Å². The number of esters is 2. The van der Waals surface area contributed by atoms with Crippen molar-refractivity contribution in [1.29, 1.82) is 0 Å². The third-order valence-electron chi connectivity index (χ3n) is 2.48. The molecule has 0 aromatic rings. The van der Waals surface area contributed by atoms with E-state index in [0.29, 0.717) is 6.61 Å². The molecular weight excluding hydrogens is 248 g/mol. The molecule has 0 bridgehead atoms. The predicted octanol–water partition coefficient (Wildman–Crippen LogP) is 2.47. The lowest BCUT2D eigenvalue weighted by atomic mass is 10.2. The van der Waals surface area contributed by atoms with Gasteiger partial charge in [0.2, 0.25) is 0 Å². The summed E-state index contributed by atoms with van der Waals surface area (Å²) in [6.07, 6.45) is 4.65. The van der Waals surface area contributed by atoms with Crippen LogP contribution in [0.15, 0.2) is 0 Å². The quantitative estimate of drug-likeness (QED) is 0.428. The van der Waals surface area contributed by atoms with Crippen LogP contribution >= 0.6 is 0 Å². The molecule has 0 aliphatic heterocycles. The van der Waals surface area contributed by atoms with E-state index in [-0.39, 0.29) is 19.3 Å². The third-order valence-corrected chi connectivity index (χ3v) is 2.48. The minimum Gasteiger partial charge on any atom is -0.464 e. The number of ether oxygens (including phenoxy) is 3. The molecule has 0 fully saturated rings. The molecule has 0 saturated heterocycles. The number of hydrogen-bond acceptors (Lipinski definition) is 5. The van der Waals surface area contributed by atoms with E-state index >= 15 is 0 Å². The van der Waals surface area contributed by atoms with Gasteiger partial charge in [-0.15, -0.1) is 0 Å². The van der Waals surface area contributed by atoms with Crippen molar-refractivity contribution in [3.8, 4) is 0 Å². The predicted molar refractivity (Wildman–Crippen MR) is 71.8 cm³/mol. The van der Waals surface area contributed by atoms with E-state index in [0.717, 1.165) is 32.1 Å². The fourth-order valence-corrected chi connectivity index (χ4v) is 1.52. The summed E-state index contributed by atoms with van der Waals surface area (Å²) in [4.78, 5) is 22.5. The van der Waals surface area contributed by atoms with Gasteiger partial charge in [0, 0.05) is 0 Å². The monoisotopic (exact) mass is 274 g/mol. The Hall–Kier alpha value is -1.10. The van der Waals surface area contributed by atoms with E-state index in [1.807, 2.05) is 13.8 Å². The first-order valence-electron chi connectivity index (χ1n) is 7.03. The van der Waals surface area contributed by atoms with Gasteiger partial charge in [0.1, 0.15) is 13.2 Å². The van der Waals surface area contributed by atoms with Crippen LogP contribution in [0.25, 0.3) is 0 Å². The highest BCUT2D eigenvalue weighted by Gasteiger charge is 2.10. The van der Waals surface area contributed by atoms with Crippen molar-refractivity contribution >= 4 is 11.9 Å². The van der Waals surface area contributed by atoms with E-state index in [4.69, 9.17) is 14.2 Å². The molecule has 0 aromatic carbocycles. The van der Waals surface area contributed by atoms with Gasteiger partial charge in [-0.2, -0.15) is 0 Å². The molecule has 0 radical (unpaired) electrons. The summed E-state index contributed by atoms with van der Waals surface area (Å²) in [6, 6.07) is 0. The van der Waals surface area contributed by atoms with E-state index in [2.05, 4.69) is 6.92 Å². The van der Waals surface area contributed by atoms with Crippen molar-refractivity contribution in [3.63, 3.8) is 0 Å². The second kappa shape index (κ2) is 12.0. The average Bonchev–Trinajstić information content (AvgIpc) is 2.35. The van der Waals surface area contributed by atoms with E-state index < -0.39 is 11.9 Å². The minimum absolute atomic E-state index is 0.109. The van der Waals surface area contributed by atoms with Gasteiger partial charge in [0.15, 0.2) is 0 Å². The molecule has 5 heteroatoms. The van der Waals surface area contributed by atoms with Crippen molar-refractivity contribution < 1.29 is 23.8 Å². The maximum absolute atomic E-state index is 11.3. The van der Waals surface area contributed by atoms with Crippen molar-refractivity contribution in [2.45, 2.75) is 59.0 Å². The Morgan fingerprint density at radius 2 is 1.68 bits per heavy atom. The Morgan fingerprint density at radius 1 is 1.00 bits per heavy atom. The zero-order valence-corrected chi connectivity index (χ0v) is 12.3. The first-order valence-corrected chi connectivity index (χ1v) is 7.03. The van der Waals surface area contributed by atoms with Gasteiger partial charge in [-0.1, -0.05) is 33.1 Å². The lowest BCUT2D eigenvalue weighted by Gasteiger charge is -2.12. The summed E-state index contributed by atoms with van der Waals surface area (Å²) in [7, 11) is 0. The Morgan fingerprint density at radius 3 is 2.32 bits per heavy atom. The highest BCUT2D eigenvalue weighted by molar-refractivity contribution is 5.73. The van der Waals surface area contributed by atoms with E-state index in [1.165, 1.54) is 0 Å². The Bertz CT molecular complexity index is 252. The van der Waals surface area contributed by atoms with Crippen molar-refractivity contribution in [1.82, 2.24) is 0 Å². The van der Waals surface area contributed by atoms with Crippen LogP contribution < -0.4 is 0 Å². The van der Waals surface area contributed by atoms with Gasteiger partial charge in [-0.25, -0.2) is 9.59 Å². The molecule has 0 aromatic heterocycles. The van der Waals surface area contributed by atoms with Crippen LogP contribution in [0.5, 0.6) is 0 Å². The topological polar surface area (TPSA) is 61.8 Å². The van der Waals surface area contributed by atoms with Gasteiger partial charge in [0.05, 0.1) is 12.7 Å². The molecule has 0 spiro atoms. The number of hydrogen-bond donors (Lipinski definition) is 0. The van der Waals surface area contributed by atoms with Crippen molar-refractivity contribution in [2.24, 2.45) is 0 Å². The SMILES string of the molecule is CCCCCOC(=O)COCC(=O)OC(C)CCC. The largest absolute Gasteiger partial charge is 0.464 e. The first-order chi connectivity index (χ1) is 9.10. The highest BCUT2D eigenvalue weighted by Crippen LogP contribution is 2.01. The van der Waals surface area contributed by atoms with Gasteiger partial charge >= 0.3 is 11.9 Å². The van der Waals surface area contributed by atoms with Gasteiger partial charge in [-0.05, 0) is 19.8 Å². The van der Waals surface area contributed by atoms with E-state index in [9.17, 15) is 9.59 Å². The van der Waals surface area contributed by atoms with Gasteiger partial charge in [0.25, 0.3) is 0 Å². The lowest BCUT2D eigenvalue weighted by molar-refractivity contribution is -0.158.